The summed E-state index contributed by atoms with van der Waals surface area (Å²) in [6.45, 7) is 3.52. The minimum atomic E-state index is -0.521. The van der Waals surface area contributed by atoms with Gasteiger partial charge in [-0.2, -0.15) is 4.98 Å². The second-order valence-electron chi connectivity index (χ2n) is 3.51. The van der Waals surface area contributed by atoms with Crippen molar-refractivity contribution in [1.29, 1.82) is 0 Å². The second kappa shape index (κ2) is 3.65. The van der Waals surface area contributed by atoms with Gasteiger partial charge in [0, 0.05) is 20.1 Å². The van der Waals surface area contributed by atoms with Crippen LogP contribution in [0.3, 0.4) is 0 Å². The van der Waals surface area contributed by atoms with Crippen LogP contribution in [-0.4, -0.2) is 28.6 Å². The van der Waals surface area contributed by atoms with E-state index in [0.29, 0.717) is 0 Å². The van der Waals surface area contributed by atoms with E-state index in [4.69, 9.17) is 0 Å². The SMILES string of the molecule is CC(C)n1c(=O)nc(N(C)C)[nH]c1=O. The summed E-state index contributed by atoms with van der Waals surface area (Å²) in [6.07, 6.45) is 0. The Bertz CT molecular complexity index is 398. The predicted molar refractivity (Wildman–Crippen MR) is 53.8 cm³/mol. The lowest BCUT2D eigenvalue weighted by molar-refractivity contribution is 0.528. The van der Waals surface area contributed by atoms with E-state index in [2.05, 4.69) is 9.97 Å². The second-order valence-corrected chi connectivity index (χ2v) is 3.51. The van der Waals surface area contributed by atoms with Gasteiger partial charge in [-0.3, -0.25) is 4.98 Å². The average molecular weight is 198 g/mol. The van der Waals surface area contributed by atoms with Crippen molar-refractivity contribution in [3.63, 3.8) is 0 Å². The molecule has 0 amide bonds. The number of hydrogen-bond acceptors (Lipinski definition) is 4. The fraction of sp³-hybridized carbons (Fsp3) is 0.625. The molecule has 6 heteroatoms. The zero-order valence-electron chi connectivity index (χ0n) is 8.74. The summed E-state index contributed by atoms with van der Waals surface area (Å²) in [5.41, 5.74) is -0.948. The summed E-state index contributed by atoms with van der Waals surface area (Å²) >= 11 is 0. The summed E-state index contributed by atoms with van der Waals surface area (Å²) in [4.78, 5) is 30.7. The maximum atomic E-state index is 11.4. The number of aromatic nitrogens is 3. The zero-order valence-corrected chi connectivity index (χ0v) is 8.74. The molecule has 0 aliphatic carbocycles. The Morgan fingerprint density at radius 2 is 1.93 bits per heavy atom. The molecule has 0 aromatic carbocycles. The highest BCUT2D eigenvalue weighted by Gasteiger charge is 2.09. The van der Waals surface area contributed by atoms with Gasteiger partial charge in [-0.15, -0.1) is 0 Å². The Kier molecular flexibility index (Phi) is 2.73. The fourth-order valence-corrected chi connectivity index (χ4v) is 1.08. The summed E-state index contributed by atoms with van der Waals surface area (Å²) in [5.74, 6) is 0.275. The highest BCUT2D eigenvalue weighted by molar-refractivity contribution is 5.23. The maximum Gasteiger partial charge on any atom is 0.355 e. The molecule has 1 aromatic rings. The minimum Gasteiger partial charge on any atom is -0.348 e. The van der Waals surface area contributed by atoms with Crippen LogP contribution >= 0.6 is 0 Å². The van der Waals surface area contributed by atoms with E-state index in [1.165, 1.54) is 0 Å². The molecule has 0 aliphatic rings. The first-order chi connectivity index (χ1) is 6.43. The van der Waals surface area contributed by atoms with Crippen molar-refractivity contribution in [2.45, 2.75) is 19.9 Å². The number of nitrogens with one attached hydrogen (secondary N) is 1. The molecule has 0 saturated carbocycles. The lowest BCUT2D eigenvalue weighted by atomic mass is 10.4. The van der Waals surface area contributed by atoms with E-state index in [9.17, 15) is 9.59 Å². The molecular formula is C8H14N4O2. The third kappa shape index (κ3) is 1.84. The summed E-state index contributed by atoms with van der Waals surface area (Å²) in [6, 6.07) is -0.185. The standard InChI is InChI=1S/C8H14N4O2/c1-5(2)12-7(13)9-6(11(3)4)10-8(12)14/h5H,1-4H3,(H,9,10,13,14). The first kappa shape index (κ1) is 10.5. The fourth-order valence-electron chi connectivity index (χ4n) is 1.08. The normalized spacial score (nSPS) is 10.6. The van der Waals surface area contributed by atoms with Gasteiger partial charge in [0.15, 0.2) is 0 Å². The molecule has 0 fully saturated rings. The number of aromatic amines is 1. The van der Waals surface area contributed by atoms with Gasteiger partial charge in [-0.05, 0) is 13.8 Å². The smallest absolute Gasteiger partial charge is 0.348 e. The van der Waals surface area contributed by atoms with E-state index in [1.807, 2.05) is 0 Å². The van der Waals surface area contributed by atoms with Gasteiger partial charge in [0.05, 0.1) is 0 Å². The molecule has 0 radical (unpaired) electrons. The lowest BCUT2D eigenvalue weighted by Gasteiger charge is -2.12. The predicted octanol–water partition coefficient (Wildman–Crippen LogP) is -0.421. The van der Waals surface area contributed by atoms with Crippen LogP contribution in [0.4, 0.5) is 5.95 Å². The molecular weight excluding hydrogens is 184 g/mol. The molecule has 0 spiro atoms. The minimum absolute atomic E-state index is 0.185. The third-order valence-corrected chi connectivity index (χ3v) is 1.79. The molecule has 1 aromatic heterocycles. The molecule has 14 heavy (non-hydrogen) atoms. The van der Waals surface area contributed by atoms with E-state index < -0.39 is 11.4 Å². The maximum absolute atomic E-state index is 11.4. The molecule has 0 saturated heterocycles. The van der Waals surface area contributed by atoms with Gasteiger partial charge < -0.3 is 4.90 Å². The molecule has 1 heterocycles. The summed E-state index contributed by atoms with van der Waals surface area (Å²) in [7, 11) is 3.41. The van der Waals surface area contributed by atoms with Crippen LogP contribution in [0.1, 0.15) is 19.9 Å². The van der Waals surface area contributed by atoms with Crippen LogP contribution < -0.4 is 16.3 Å². The monoisotopic (exact) mass is 198 g/mol. The quantitative estimate of drug-likeness (QED) is 0.700. The van der Waals surface area contributed by atoms with Gasteiger partial charge >= 0.3 is 11.4 Å². The zero-order chi connectivity index (χ0) is 10.9. The molecule has 1 rings (SSSR count). The largest absolute Gasteiger partial charge is 0.355 e. The highest BCUT2D eigenvalue weighted by Crippen LogP contribution is 1.96. The van der Waals surface area contributed by atoms with Crippen molar-refractivity contribution < 1.29 is 0 Å². The van der Waals surface area contributed by atoms with Crippen molar-refractivity contribution in [3.05, 3.63) is 21.0 Å². The Labute approximate surface area is 81.2 Å². The van der Waals surface area contributed by atoms with E-state index in [1.54, 1.807) is 32.8 Å². The first-order valence-electron chi connectivity index (χ1n) is 4.33. The molecule has 0 atom stereocenters. The number of hydrogen-bond donors (Lipinski definition) is 1. The highest BCUT2D eigenvalue weighted by atomic mass is 16.2. The van der Waals surface area contributed by atoms with Crippen LogP contribution in [-0.2, 0) is 0 Å². The van der Waals surface area contributed by atoms with E-state index >= 15 is 0 Å². The molecule has 1 N–H and O–H groups in total. The van der Waals surface area contributed by atoms with Crippen molar-refractivity contribution in [2.24, 2.45) is 0 Å². The van der Waals surface area contributed by atoms with Crippen LogP contribution in [0.2, 0.25) is 0 Å². The van der Waals surface area contributed by atoms with Crippen LogP contribution in [0, 0.1) is 0 Å². The van der Waals surface area contributed by atoms with Crippen LogP contribution in [0.15, 0.2) is 9.59 Å². The van der Waals surface area contributed by atoms with Crippen LogP contribution in [0.25, 0.3) is 0 Å². The average Bonchev–Trinajstić information content (AvgIpc) is 2.01. The number of H-pyrrole nitrogens is 1. The number of anilines is 1. The van der Waals surface area contributed by atoms with Crippen molar-refractivity contribution >= 4 is 5.95 Å². The molecule has 0 bridgehead atoms. The Morgan fingerprint density at radius 1 is 1.36 bits per heavy atom. The van der Waals surface area contributed by atoms with Crippen molar-refractivity contribution in [3.8, 4) is 0 Å². The topological polar surface area (TPSA) is 71.0 Å². The van der Waals surface area contributed by atoms with Crippen molar-refractivity contribution in [2.75, 3.05) is 19.0 Å². The Balaban J connectivity index is 3.41. The first-order valence-corrected chi connectivity index (χ1v) is 4.33. The number of nitrogens with zero attached hydrogens (tertiary/aromatic N) is 3. The van der Waals surface area contributed by atoms with Gasteiger partial charge in [-0.1, -0.05) is 0 Å². The van der Waals surface area contributed by atoms with Gasteiger partial charge in [-0.25, -0.2) is 14.2 Å². The Hall–Kier alpha value is -1.59. The van der Waals surface area contributed by atoms with Crippen molar-refractivity contribution in [1.82, 2.24) is 14.5 Å². The van der Waals surface area contributed by atoms with Gasteiger partial charge in [0.25, 0.3) is 0 Å². The van der Waals surface area contributed by atoms with Crippen LogP contribution in [0.5, 0.6) is 0 Å². The molecule has 78 valence electrons. The Morgan fingerprint density at radius 3 is 2.29 bits per heavy atom. The molecule has 6 nitrogen and oxygen atoms in total. The summed E-state index contributed by atoms with van der Waals surface area (Å²) in [5, 5.41) is 0. The molecule has 0 unspecified atom stereocenters. The third-order valence-electron chi connectivity index (χ3n) is 1.79. The summed E-state index contributed by atoms with van der Waals surface area (Å²) < 4.78 is 1.08. The van der Waals surface area contributed by atoms with E-state index in [-0.39, 0.29) is 12.0 Å². The van der Waals surface area contributed by atoms with Gasteiger partial charge in [0.2, 0.25) is 5.95 Å². The molecule has 0 aliphatic heterocycles. The van der Waals surface area contributed by atoms with E-state index in [0.717, 1.165) is 4.57 Å². The number of rotatable bonds is 2. The lowest BCUT2D eigenvalue weighted by Crippen LogP contribution is -2.39. The van der Waals surface area contributed by atoms with Gasteiger partial charge in [0.1, 0.15) is 0 Å².